The third kappa shape index (κ3) is 4.20. The number of ether oxygens (including phenoxy) is 1. The fraction of sp³-hybridized carbons (Fsp3) is 0.350. The summed E-state index contributed by atoms with van der Waals surface area (Å²) < 4.78 is 5.02. The normalized spacial score (nSPS) is 11.2. The monoisotopic (exact) mass is 296 g/mol. The first kappa shape index (κ1) is 16.3. The van der Waals surface area contributed by atoms with Crippen molar-refractivity contribution in [2.75, 3.05) is 6.61 Å². The molecule has 22 heavy (non-hydrogen) atoms. The van der Waals surface area contributed by atoms with Gasteiger partial charge in [0.25, 0.3) is 0 Å². The average Bonchev–Trinajstić information content (AvgIpc) is 2.54. The van der Waals surface area contributed by atoms with Gasteiger partial charge in [-0.2, -0.15) is 0 Å². The third-order valence-corrected chi connectivity index (χ3v) is 4.06. The highest BCUT2D eigenvalue weighted by atomic mass is 16.5. The van der Waals surface area contributed by atoms with Gasteiger partial charge in [-0.3, -0.25) is 0 Å². The SMILES string of the molecule is CCOC(=O)c1ccc(C(C)(C)CCc2ccccc2)cc1. The predicted octanol–water partition coefficient (Wildman–Crippen LogP) is 4.77. The first-order valence-corrected chi connectivity index (χ1v) is 7.84. The van der Waals surface area contributed by atoms with Crippen LogP contribution in [0.3, 0.4) is 0 Å². The minimum atomic E-state index is -0.254. The predicted molar refractivity (Wildman–Crippen MR) is 90.2 cm³/mol. The number of benzene rings is 2. The molecular formula is C20H24O2. The standard InChI is InChI=1S/C20H24O2/c1-4-22-19(21)17-10-12-18(13-11-17)20(2,3)15-14-16-8-6-5-7-9-16/h5-13H,4,14-15H2,1-3H3. The van der Waals surface area contributed by atoms with Crippen LogP contribution in [-0.4, -0.2) is 12.6 Å². The summed E-state index contributed by atoms with van der Waals surface area (Å²) >= 11 is 0. The van der Waals surface area contributed by atoms with E-state index in [1.54, 1.807) is 0 Å². The van der Waals surface area contributed by atoms with Gasteiger partial charge in [0.15, 0.2) is 0 Å². The van der Waals surface area contributed by atoms with Gasteiger partial charge in [-0.25, -0.2) is 4.79 Å². The topological polar surface area (TPSA) is 26.3 Å². The lowest BCUT2D eigenvalue weighted by molar-refractivity contribution is 0.0526. The first-order chi connectivity index (χ1) is 10.5. The van der Waals surface area contributed by atoms with Gasteiger partial charge in [0.2, 0.25) is 0 Å². The maximum atomic E-state index is 11.7. The molecule has 2 nitrogen and oxygen atoms in total. The van der Waals surface area contributed by atoms with Crippen LogP contribution >= 0.6 is 0 Å². The Kier molecular flexibility index (Phi) is 5.37. The van der Waals surface area contributed by atoms with Crippen LogP contribution in [0.4, 0.5) is 0 Å². The molecule has 0 heterocycles. The van der Waals surface area contributed by atoms with E-state index < -0.39 is 0 Å². The van der Waals surface area contributed by atoms with Gasteiger partial charge in [0, 0.05) is 0 Å². The molecular weight excluding hydrogens is 272 g/mol. The van der Waals surface area contributed by atoms with Crippen LogP contribution in [0.15, 0.2) is 54.6 Å². The molecule has 0 fully saturated rings. The number of carbonyl (C=O) groups is 1. The summed E-state index contributed by atoms with van der Waals surface area (Å²) in [6.45, 7) is 6.72. The third-order valence-electron chi connectivity index (χ3n) is 4.06. The second-order valence-electron chi connectivity index (χ2n) is 6.17. The van der Waals surface area contributed by atoms with Crippen molar-refractivity contribution in [2.24, 2.45) is 0 Å². The van der Waals surface area contributed by atoms with E-state index in [0.717, 1.165) is 12.8 Å². The van der Waals surface area contributed by atoms with Crippen molar-refractivity contribution < 1.29 is 9.53 Å². The van der Waals surface area contributed by atoms with Crippen LogP contribution in [0.25, 0.3) is 0 Å². The van der Waals surface area contributed by atoms with Crippen molar-refractivity contribution in [3.05, 3.63) is 71.3 Å². The van der Waals surface area contributed by atoms with Crippen LogP contribution in [0.2, 0.25) is 0 Å². The van der Waals surface area contributed by atoms with Crippen LogP contribution in [0.1, 0.15) is 48.7 Å². The van der Waals surface area contributed by atoms with Crippen LogP contribution in [-0.2, 0) is 16.6 Å². The molecule has 0 amide bonds. The number of aryl methyl sites for hydroxylation is 1. The van der Waals surface area contributed by atoms with Crippen molar-refractivity contribution >= 4 is 5.97 Å². The molecule has 0 radical (unpaired) electrons. The van der Waals surface area contributed by atoms with E-state index in [9.17, 15) is 4.79 Å². The highest BCUT2D eigenvalue weighted by Crippen LogP contribution is 2.29. The highest BCUT2D eigenvalue weighted by Gasteiger charge is 2.20. The maximum Gasteiger partial charge on any atom is 0.338 e. The van der Waals surface area contributed by atoms with Crippen LogP contribution in [0, 0.1) is 0 Å². The molecule has 0 bridgehead atoms. The maximum absolute atomic E-state index is 11.7. The smallest absolute Gasteiger partial charge is 0.338 e. The van der Waals surface area contributed by atoms with Gasteiger partial charge in [-0.1, -0.05) is 56.3 Å². The molecule has 0 saturated carbocycles. The zero-order valence-corrected chi connectivity index (χ0v) is 13.6. The quantitative estimate of drug-likeness (QED) is 0.717. The molecule has 0 aliphatic carbocycles. The second kappa shape index (κ2) is 7.26. The summed E-state index contributed by atoms with van der Waals surface area (Å²) in [5.41, 5.74) is 3.29. The molecule has 2 aromatic carbocycles. The molecule has 0 N–H and O–H groups in total. The minimum absolute atomic E-state index is 0.0725. The van der Waals surface area contributed by atoms with Crippen LogP contribution in [0.5, 0.6) is 0 Å². The van der Waals surface area contributed by atoms with E-state index in [-0.39, 0.29) is 11.4 Å². The number of carbonyl (C=O) groups excluding carboxylic acids is 1. The Hall–Kier alpha value is -2.09. The van der Waals surface area contributed by atoms with Crippen molar-refractivity contribution in [3.8, 4) is 0 Å². The lowest BCUT2D eigenvalue weighted by atomic mass is 9.79. The van der Waals surface area contributed by atoms with E-state index in [1.807, 2.05) is 37.3 Å². The zero-order valence-electron chi connectivity index (χ0n) is 13.6. The molecule has 0 atom stereocenters. The molecule has 2 heteroatoms. The summed E-state index contributed by atoms with van der Waals surface area (Å²) in [4.78, 5) is 11.7. The Labute approximate surface area is 133 Å². The van der Waals surface area contributed by atoms with E-state index in [1.165, 1.54) is 11.1 Å². The van der Waals surface area contributed by atoms with Crippen molar-refractivity contribution in [1.82, 2.24) is 0 Å². The van der Waals surface area contributed by atoms with Crippen molar-refractivity contribution in [1.29, 1.82) is 0 Å². The van der Waals surface area contributed by atoms with Crippen LogP contribution < -0.4 is 0 Å². The number of esters is 1. The van der Waals surface area contributed by atoms with Gasteiger partial charge in [0.05, 0.1) is 12.2 Å². The Morgan fingerprint density at radius 2 is 1.64 bits per heavy atom. The van der Waals surface area contributed by atoms with E-state index >= 15 is 0 Å². The Morgan fingerprint density at radius 1 is 1.00 bits per heavy atom. The minimum Gasteiger partial charge on any atom is -0.462 e. The molecule has 2 aromatic rings. The Bertz CT molecular complexity index is 597. The van der Waals surface area contributed by atoms with E-state index in [0.29, 0.717) is 12.2 Å². The number of rotatable bonds is 6. The van der Waals surface area contributed by atoms with Crippen molar-refractivity contribution in [2.45, 2.75) is 39.0 Å². The molecule has 2 rings (SSSR count). The van der Waals surface area contributed by atoms with E-state index in [2.05, 4.69) is 38.1 Å². The Morgan fingerprint density at radius 3 is 2.23 bits per heavy atom. The molecule has 0 aromatic heterocycles. The largest absolute Gasteiger partial charge is 0.462 e. The summed E-state index contributed by atoms with van der Waals surface area (Å²) in [5, 5.41) is 0. The molecule has 0 unspecified atom stereocenters. The molecule has 0 aliphatic heterocycles. The fourth-order valence-corrected chi connectivity index (χ4v) is 2.52. The summed E-state index contributed by atoms with van der Waals surface area (Å²) in [6.07, 6.45) is 2.11. The summed E-state index contributed by atoms with van der Waals surface area (Å²) in [6, 6.07) is 18.3. The summed E-state index contributed by atoms with van der Waals surface area (Å²) in [5.74, 6) is -0.254. The molecule has 0 spiro atoms. The lowest BCUT2D eigenvalue weighted by Crippen LogP contribution is -2.18. The van der Waals surface area contributed by atoms with Gasteiger partial charge >= 0.3 is 5.97 Å². The second-order valence-corrected chi connectivity index (χ2v) is 6.17. The fourth-order valence-electron chi connectivity index (χ4n) is 2.52. The van der Waals surface area contributed by atoms with Gasteiger partial charge in [-0.05, 0) is 48.4 Å². The Balaban J connectivity index is 2.04. The van der Waals surface area contributed by atoms with Gasteiger partial charge < -0.3 is 4.74 Å². The number of hydrogen-bond donors (Lipinski definition) is 0. The average molecular weight is 296 g/mol. The van der Waals surface area contributed by atoms with Gasteiger partial charge in [0.1, 0.15) is 0 Å². The molecule has 0 saturated heterocycles. The lowest BCUT2D eigenvalue weighted by Gasteiger charge is -2.25. The highest BCUT2D eigenvalue weighted by molar-refractivity contribution is 5.89. The molecule has 116 valence electrons. The number of hydrogen-bond acceptors (Lipinski definition) is 2. The summed E-state index contributed by atoms with van der Waals surface area (Å²) in [7, 11) is 0. The van der Waals surface area contributed by atoms with Crippen molar-refractivity contribution in [3.63, 3.8) is 0 Å². The zero-order chi connectivity index (χ0) is 16.0. The molecule has 0 aliphatic rings. The van der Waals surface area contributed by atoms with Gasteiger partial charge in [-0.15, -0.1) is 0 Å². The van der Waals surface area contributed by atoms with E-state index in [4.69, 9.17) is 4.74 Å². The first-order valence-electron chi connectivity index (χ1n) is 7.84.